The second kappa shape index (κ2) is 5.16. The van der Waals surface area contributed by atoms with E-state index < -0.39 is 4.92 Å². The van der Waals surface area contributed by atoms with Gasteiger partial charge in [-0.15, -0.1) is 0 Å². The van der Waals surface area contributed by atoms with Gasteiger partial charge in [-0.1, -0.05) is 12.8 Å². The number of nitro benzene ring substituents is 1. The van der Waals surface area contributed by atoms with E-state index in [1.807, 2.05) is 0 Å². The molecule has 25 heavy (non-hydrogen) atoms. The third-order valence-electron chi connectivity index (χ3n) is 6.92. The molecule has 3 fully saturated rings. The van der Waals surface area contributed by atoms with Crippen LogP contribution in [0.5, 0.6) is 0 Å². The van der Waals surface area contributed by atoms with Gasteiger partial charge < -0.3 is 4.42 Å². The fraction of sp³-hybridized carbons (Fsp3) is 0.550. The van der Waals surface area contributed by atoms with Gasteiger partial charge in [0.1, 0.15) is 5.58 Å². The fourth-order valence-electron chi connectivity index (χ4n) is 5.97. The third kappa shape index (κ3) is 2.25. The maximum Gasteiger partial charge on any atom is 0.270 e. The molecule has 5 heteroatoms. The molecule has 1 heterocycles. The average Bonchev–Trinajstić information content (AvgIpc) is 3.10. The summed E-state index contributed by atoms with van der Waals surface area (Å²) in [5, 5.41) is 11.6. The maximum absolute atomic E-state index is 13.4. The van der Waals surface area contributed by atoms with Crippen LogP contribution in [0.4, 0.5) is 5.69 Å². The molecule has 0 aliphatic heterocycles. The van der Waals surface area contributed by atoms with Crippen molar-refractivity contribution in [2.45, 2.75) is 44.9 Å². The van der Waals surface area contributed by atoms with Crippen LogP contribution in [0.2, 0.25) is 0 Å². The number of rotatable bonds is 3. The zero-order chi connectivity index (χ0) is 17.2. The van der Waals surface area contributed by atoms with Gasteiger partial charge in [0.15, 0.2) is 5.76 Å². The van der Waals surface area contributed by atoms with Crippen LogP contribution in [0.1, 0.15) is 55.5 Å². The minimum absolute atomic E-state index is 0.0264. The van der Waals surface area contributed by atoms with Gasteiger partial charge >= 0.3 is 0 Å². The number of benzene rings is 1. The van der Waals surface area contributed by atoms with Crippen molar-refractivity contribution in [2.24, 2.45) is 23.2 Å². The lowest BCUT2D eigenvalue weighted by molar-refractivity contribution is -0.384. The number of fused-ring (bicyclic) bond motifs is 3. The molecule has 1 aromatic carbocycles. The van der Waals surface area contributed by atoms with Crippen molar-refractivity contribution >= 4 is 22.4 Å². The molecule has 0 spiro atoms. The number of nitro groups is 1. The summed E-state index contributed by atoms with van der Waals surface area (Å²) in [7, 11) is 0. The van der Waals surface area contributed by atoms with Gasteiger partial charge in [0.2, 0.25) is 5.78 Å². The van der Waals surface area contributed by atoms with Gasteiger partial charge in [0.05, 0.1) is 4.92 Å². The quantitative estimate of drug-likeness (QED) is 0.441. The van der Waals surface area contributed by atoms with Crippen molar-refractivity contribution in [3.05, 3.63) is 40.1 Å². The van der Waals surface area contributed by atoms with Crippen LogP contribution >= 0.6 is 0 Å². The molecule has 3 aliphatic carbocycles. The molecule has 3 aliphatic rings. The fourth-order valence-corrected chi connectivity index (χ4v) is 5.97. The van der Waals surface area contributed by atoms with Crippen LogP contribution in [-0.4, -0.2) is 10.7 Å². The molecule has 4 unspecified atom stereocenters. The van der Waals surface area contributed by atoms with Gasteiger partial charge in [-0.2, -0.15) is 0 Å². The zero-order valence-electron chi connectivity index (χ0n) is 14.1. The Kier molecular flexibility index (Phi) is 3.12. The van der Waals surface area contributed by atoms with Crippen molar-refractivity contribution in [2.75, 3.05) is 0 Å². The standard InChI is InChI=1S/C20H21NO4/c22-19(18-9-14-8-16(21(23)24)3-4-17(14)25-18)20-5-1-2-13-6-12(10-20)7-15(13)11-20/h3-4,8-9,12-13,15H,1-2,5-7,10-11H2. The van der Waals surface area contributed by atoms with E-state index in [9.17, 15) is 14.9 Å². The second-order valence-electron chi connectivity index (χ2n) is 8.36. The summed E-state index contributed by atoms with van der Waals surface area (Å²) < 4.78 is 5.82. The van der Waals surface area contributed by atoms with Crippen LogP contribution in [0.15, 0.2) is 28.7 Å². The molecule has 0 radical (unpaired) electrons. The monoisotopic (exact) mass is 339 g/mol. The normalized spacial score (nSPS) is 33.5. The van der Waals surface area contributed by atoms with Gasteiger partial charge in [0.25, 0.3) is 5.69 Å². The van der Waals surface area contributed by atoms with Gasteiger partial charge in [-0.25, -0.2) is 0 Å². The number of carbonyl (C=O) groups excluding carboxylic acids is 1. The van der Waals surface area contributed by atoms with E-state index >= 15 is 0 Å². The van der Waals surface area contributed by atoms with E-state index in [0.717, 1.165) is 31.6 Å². The van der Waals surface area contributed by atoms with Gasteiger partial charge in [0, 0.05) is 22.9 Å². The molecule has 3 saturated carbocycles. The minimum Gasteiger partial charge on any atom is -0.453 e. The number of furan rings is 1. The topological polar surface area (TPSA) is 73.3 Å². The Bertz CT molecular complexity index is 885. The van der Waals surface area contributed by atoms with Crippen molar-refractivity contribution in [1.82, 2.24) is 0 Å². The van der Waals surface area contributed by atoms with E-state index in [0.29, 0.717) is 28.6 Å². The number of carbonyl (C=O) groups is 1. The van der Waals surface area contributed by atoms with Crippen molar-refractivity contribution in [3.8, 4) is 0 Å². The minimum atomic E-state index is -0.420. The lowest BCUT2D eigenvalue weighted by Gasteiger charge is -2.38. The van der Waals surface area contributed by atoms with E-state index in [-0.39, 0.29) is 16.9 Å². The molecule has 0 N–H and O–H groups in total. The van der Waals surface area contributed by atoms with Crippen molar-refractivity contribution in [3.63, 3.8) is 0 Å². The number of hydrogen-bond acceptors (Lipinski definition) is 4. The second-order valence-corrected chi connectivity index (χ2v) is 8.36. The summed E-state index contributed by atoms with van der Waals surface area (Å²) in [5.74, 6) is 2.73. The van der Waals surface area contributed by atoms with Crippen LogP contribution in [-0.2, 0) is 0 Å². The Balaban J connectivity index is 1.53. The largest absolute Gasteiger partial charge is 0.453 e. The van der Waals surface area contributed by atoms with Crippen LogP contribution in [0.25, 0.3) is 11.0 Å². The predicted octanol–water partition coefficient (Wildman–Crippen LogP) is 5.13. The Morgan fingerprint density at radius 1 is 1.20 bits per heavy atom. The number of non-ortho nitro benzene ring substituents is 1. The highest BCUT2D eigenvalue weighted by Gasteiger charge is 2.53. The predicted molar refractivity (Wildman–Crippen MR) is 92.4 cm³/mol. The summed E-state index contributed by atoms with van der Waals surface area (Å²) in [6.45, 7) is 0. The molecule has 130 valence electrons. The molecular weight excluding hydrogens is 318 g/mol. The number of hydrogen-bond donors (Lipinski definition) is 0. The molecule has 0 saturated heterocycles. The highest BCUT2D eigenvalue weighted by Crippen LogP contribution is 2.59. The Morgan fingerprint density at radius 2 is 2.04 bits per heavy atom. The number of ketones is 1. The lowest BCUT2D eigenvalue weighted by atomic mass is 9.64. The average molecular weight is 339 g/mol. The number of Topliss-reactive ketones (excluding diaryl/α,β-unsaturated/α-hetero) is 1. The molecule has 5 nitrogen and oxygen atoms in total. The highest BCUT2D eigenvalue weighted by atomic mass is 16.6. The first-order valence-electron chi connectivity index (χ1n) is 9.27. The van der Waals surface area contributed by atoms with Crippen LogP contribution < -0.4 is 0 Å². The third-order valence-corrected chi connectivity index (χ3v) is 6.92. The van der Waals surface area contributed by atoms with E-state index in [1.165, 1.54) is 31.4 Å². The molecule has 1 aromatic heterocycles. The molecule has 3 bridgehead atoms. The molecule has 2 aromatic rings. The van der Waals surface area contributed by atoms with E-state index in [4.69, 9.17) is 4.42 Å². The lowest BCUT2D eigenvalue weighted by Crippen LogP contribution is -2.36. The summed E-state index contributed by atoms with van der Waals surface area (Å²) in [6.07, 6.45) is 7.96. The summed E-state index contributed by atoms with van der Waals surface area (Å²) in [5.41, 5.74) is 0.313. The molecule has 5 rings (SSSR count). The Hall–Kier alpha value is -2.17. The van der Waals surface area contributed by atoms with Crippen LogP contribution in [0.3, 0.4) is 0 Å². The van der Waals surface area contributed by atoms with Crippen molar-refractivity contribution < 1.29 is 14.1 Å². The SMILES string of the molecule is O=C(c1cc2cc([N+](=O)[O-])ccc2o1)C12CCCC3CC(CC3C1)C2. The maximum atomic E-state index is 13.4. The van der Waals surface area contributed by atoms with Gasteiger partial charge in [-0.3, -0.25) is 14.9 Å². The number of nitrogens with zero attached hydrogens (tertiary/aromatic N) is 1. The van der Waals surface area contributed by atoms with Crippen molar-refractivity contribution in [1.29, 1.82) is 0 Å². The summed E-state index contributed by atoms with van der Waals surface area (Å²) in [6, 6.07) is 6.21. The first-order chi connectivity index (χ1) is 12.0. The van der Waals surface area contributed by atoms with E-state index in [2.05, 4.69) is 0 Å². The van der Waals surface area contributed by atoms with Crippen LogP contribution in [0, 0.1) is 33.3 Å². The summed E-state index contributed by atoms with van der Waals surface area (Å²) >= 11 is 0. The molecule has 0 amide bonds. The Labute approximate surface area is 145 Å². The Morgan fingerprint density at radius 3 is 2.88 bits per heavy atom. The molecular formula is C20H21NO4. The highest BCUT2D eigenvalue weighted by molar-refractivity contribution is 6.01. The summed E-state index contributed by atoms with van der Waals surface area (Å²) in [4.78, 5) is 24.0. The smallest absolute Gasteiger partial charge is 0.270 e. The first-order valence-corrected chi connectivity index (χ1v) is 9.27. The zero-order valence-corrected chi connectivity index (χ0v) is 14.1. The van der Waals surface area contributed by atoms with E-state index in [1.54, 1.807) is 12.1 Å². The van der Waals surface area contributed by atoms with Gasteiger partial charge in [-0.05, 0) is 62.0 Å². The first kappa shape index (κ1) is 15.1. The molecule has 4 atom stereocenters.